The van der Waals surface area contributed by atoms with Gasteiger partial charge in [-0.25, -0.2) is 9.59 Å². The minimum atomic E-state index is -1.74. The summed E-state index contributed by atoms with van der Waals surface area (Å²) in [4.78, 5) is 64.5. The highest BCUT2D eigenvalue weighted by atomic mass is 17.0. The lowest BCUT2D eigenvalue weighted by Crippen LogP contribution is -2.63. The highest BCUT2D eigenvalue weighted by Crippen LogP contribution is 2.67. The number of carbonyl (C=O) groups is 4. The average Bonchev–Trinajstić information content (AvgIpc) is 3.13. The highest BCUT2D eigenvalue weighted by molar-refractivity contribution is 6.01. The van der Waals surface area contributed by atoms with Crippen molar-refractivity contribution in [2.24, 2.45) is 28.6 Å². The molecule has 3 saturated carbocycles. The van der Waals surface area contributed by atoms with Crippen LogP contribution in [0.15, 0.2) is 23.8 Å². The monoisotopic (exact) mass is 535 g/mol. The number of Topliss-reactive ketones (excluding diaryl/α,β-unsaturated/α-hetero) is 1. The fourth-order valence-electron chi connectivity index (χ4n) is 7.70. The van der Waals surface area contributed by atoms with E-state index in [1.807, 2.05) is 19.9 Å². The molecule has 0 aromatic rings. The molecule has 4 aliphatic carbocycles. The second-order valence-corrected chi connectivity index (χ2v) is 10.9. The van der Waals surface area contributed by atoms with Crippen LogP contribution in [0.4, 0.5) is 4.79 Å². The summed E-state index contributed by atoms with van der Waals surface area (Å²) in [5.41, 5.74) is -2.27. The van der Waals surface area contributed by atoms with E-state index in [2.05, 4.69) is 4.84 Å². The molecule has 0 radical (unpaired) electrons. The van der Waals surface area contributed by atoms with Crippen molar-refractivity contribution in [2.75, 3.05) is 19.8 Å². The van der Waals surface area contributed by atoms with E-state index in [1.54, 1.807) is 13.0 Å². The second kappa shape index (κ2) is 10.1. The number of rotatable bonds is 8. The van der Waals surface area contributed by atoms with Gasteiger partial charge < -0.3 is 24.2 Å². The van der Waals surface area contributed by atoms with E-state index in [1.165, 1.54) is 6.08 Å². The minimum absolute atomic E-state index is 0.0162. The summed E-state index contributed by atoms with van der Waals surface area (Å²) in [5, 5.41) is 20.8. The maximum Gasteiger partial charge on any atom is 0.509 e. The van der Waals surface area contributed by atoms with Gasteiger partial charge in [0.05, 0.1) is 12.7 Å². The Balaban J connectivity index is 1.64. The fourth-order valence-corrected chi connectivity index (χ4v) is 7.70. The summed E-state index contributed by atoms with van der Waals surface area (Å²) in [6.07, 6.45) is 5.30. The van der Waals surface area contributed by atoms with Crippen molar-refractivity contribution in [1.82, 2.24) is 0 Å². The number of hydrogen-bond donors (Lipinski definition) is 1. The predicted molar refractivity (Wildman–Crippen MR) is 128 cm³/mol. The van der Waals surface area contributed by atoms with Crippen molar-refractivity contribution in [1.29, 1.82) is 0 Å². The molecule has 0 spiro atoms. The van der Waals surface area contributed by atoms with Crippen molar-refractivity contribution in [3.8, 4) is 0 Å². The van der Waals surface area contributed by atoms with E-state index in [9.17, 15) is 34.4 Å². The van der Waals surface area contributed by atoms with Gasteiger partial charge in [0.1, 0.15) is 0 Å². The van der Waals surface area contributed by atoms with E-state index < -0.39 is 58.7 Å². The van der Waals surface area contributed by atoms with Crippen LogP contribution in [-0.2, 0) is 33.4 Å². The molecule has 0 aromatic heterocycles. The van der Waals surface area contributed by atoms with Crippen LogP contribution in [0.25, 0.3) is 0 Å². The number of hydrogen-bond acceptors (Lipinski definition) is 11. The van der Waals surface area contributed by atoms with Gasteiger partial charge in [-0.05, 0) is 63.0 Å². The summed E-state index contributed by atoms with van der Waals surface area (Å²) < 4.78 is 15.7. The van der Waals surface area contributed by atoms with Crippen LogP contribution in [0.3, 0.4) is 0 Å². The molecular formula is C26H33NO11. The third-order valence-electron chi connectivity index (χ3n) is 9.24. The molecule has 12 heteroatoms. The quantitative estimate of drug-likeness (QED) is 0.275. The third kappa shape index (κ3) is 4.48. The molecule has 0 bridgehead atoms. The Morgan fingerprint density at radius 3 is 2.61 bits per heavy atom. The van der Waals surface area contributed by atoms with Gasteiger partial charge in [0.25, 0.3) is 5.09 Å². The Morgan fingerprint density at radius 2 is 1.92 bits per heavy atom. The van der Waals surface area contributed by atoms with Crippen molar-refractivity contribution in [3.05, 3.63) is 33.9 Å². The number of aliphatic hydroxyl groups is 1. The Hall–Kier alpha value is -3.28. The van der Waals surface area contributed by atoms with Crippen molar-refractivity contribution in [2.45, 2.75) is 64.6 Å². The molecule has 0 amide bonds. The largest absolute Gasteiger partial charge is 0.509 e. The zero-order valence-corrected chi connectivity index (χ0v) is 21.7. The molecule has 12 nitrogen and oxygen atoms in total. The molecule has 0 aromatic carbocycles. The molecular weight excluding hydrogens is 502 g/mol. The van der Waals surface area contributed by atoms with Crippen molar-refractivity contribution in [3.63, 3.8) is 0 Å². The Morgan fingerprint density at radius 1 is 1.18 bits per heavy atom. The average molecular weight is 536 g/mol. The molecule has 1 N–H and O–H groups in total. The lowest BCUT2D eigenvalue weighted by Gasteiger charge is -2.59. The standard InChI is InChI=1S/C26H33NO11/c1-4-35-23(32)38-26(20(30)13-36-21(31)14-37-27(33)34)10-8-18-17-6-5-15-11-16(28)7-9-24(15,2)22(17)19(29)12-25(18,26)3/h7,9,11,17-19,22,29H,4-6,8,10,12-14H2,1-3H3/t17?,18?,19-,22?,24-,25-,26-/m0/s1. The Bertz CT molecular complexity index is 1100. The number of fused-ring (bicyclic) bond motifs is 5. The molecule has 38 heavy (non-hydrogen) atoms. The predicted octanol–water partition coefficient (Wildman–Crippen LogP) is 2.50. The second-order valence-electron chi connectivity index (χ2n) is 10.9. The fraction of sp³-hybridized carbons (Fsp3) is 0.692. The molecule has 4 aliphatic rings. The highest BCUT2D eigenvalue weighted by Gasteiger charge is 2.70. The van der Waals surface area contributed by atoms with Crippen molar-refractivity contribution >= 4 is 23.7 Å². The Labute approximate surface area is 219 Å². The van der Waals surface area contributed by atoms with Crippen LogP contribution in [0.1, 0.15) is 52.9 Å². The van der Waals surface area contributed by atoms with Crippen LogP contribution >= 0.6 is 0 Å². The van der Waals surface area contributed by atoms with E-state index in [0.717, 1.165) is 5.57 Å². The SMILES string of the molecule is CCOC(=O)O[C@]1(C(=O)COC(=O)CO[N+](=O)[O-])CCC2C3CCC4=CC(=O)C=C[C@]4(C)C3[C@@H](O)C[C@@]21C. The van der Waals surface area contributed by atoms with Crippen LogP contribution in [0.5, 0.6) is 0 Å². The van der Waals surface area contributed by atoms with E-state index in [0.29, 0.717) is 19.3 Å². The van der Waals surface area contributed by atoms with Crippen LogP contribution in [0.2, 0.25) is 0 Å². The Kier molecular flexibility index (Phi) is 7.39. The summed E-state index contributed by atoms with van der Waals surface area (Å²) in [6, 6.07) is 0. The summed E-state index contributed by atoms with van der Waals surface area (Å²) >= 11 is 0. The van der Waals surface area contributed by atoms with Gasteiger partial charge in [-0.1, -0.05) is 25.5 Å². The first-order valence-electron chi connectivity index (χ1n) is 12.8. The van der Waals surface area contributed by atoms with Gasteiger partial charge in [-0.15, -0.1) is 10.1 Å². The number of ketones is 2. The van der Waals surface area contributed by atoms with Gasteiger partial charge in [0, 0.05) is 16.7 Å². The van der Waals surface area contributed by atoms with Crippen LogP contribution in [0, 0.1) is 38.7 Å². The molecule has 0 aliphatic heterocycles. The number of nitrogens with zero attached hydrogens (tertiary/aromatic N) is 1. The summed E-state index contributed by atoms with van der Waals surface area (Å²) in [6.45, 7) is 3.67. The van der Waals surface area contributed by atoms with E-state index in [-0.39, 0.29) is 43.0 Å². The zero-order valence-electron chi connectivity index (χ0n) is 21.7. The maximum atomic E-state index is 13.7. The molecule has 7 atom stereocenters. The van der Waals surface area contributed by atoms with E-state index >= 15 is 0 Å². The molecule has 208 valence electrons. The molecule has 4 rings (SSSR count). The zero-order chi connectivity index (χ0) is 27.9. The first-order chi connectivity index (χ1) is 17.9. The number of esters is 1. The number of ether oxygens (including phenoxy) is 3. The lowest BCUT2D eigenvalue weighted by molar-refractivity contribution is -0.754. The normalized spacial score (nSPS) is 37.2. The first-order valence-corrected chi connectivity index (χ1v) is 12.8. The number of aliphatic hydroxyl groups excluding tert-OH is 1. The summed E-state index contributed by atoms with van der Waals surface area (Å²) in [7, 11) is 0. The maximum absolute atomic E-state index is 13.7. The van der Waals surface area contributed by atoms with Crippen LogP contribution in [-0.4, -0.2) is 65.4 Å². The van der Waals surface area contributed by atoms with Gasteiger partial charge in [-0.3, -0.25) is 9.59 Å². The molecule has 3 fully saturated rings. The summed E-state index contributed by atoms with van der Waals surface area (Å²) in [5.74, 6) is -2.23. The number of allylic oxidation sites excluding steroid dienone is 4. The molecule has 0 heterocycles. The lowest BCUT2D eigenvalue weighted by atomic mass is 9.46. The van der Waals surface area contributed by atoms with Gasteiger partial charge in [0.2, 0.25) is 5.78 Å². The van der Waals surface area contributed by atoms with Crippen molar-refractivity contribution < 1.29 is 48.4 Å². The van der Waals surface area contributed by atoms with Gasteiger partial charge in [0.15, 0.2) is 24.6 Å². The number of carbonyl (C=O) groups excluding carboxylic acids is 4. The third-order valence-corrected chi connectivity index (χ3v) is 9.24. The first kappa shape index (κ1) is 27.7. The molecule has 3 unspecified atom stereocenters. The van der Waals surface area contributed by atoms with Gasteiger partial charge >= 0.3 is 12.1 Å². The topological polar surface area (TPSA) is 169 Å². The molecule has 0 saturated heterocycles. The van der Waals surface area contributed by atoms with E-state index in [4.69, 9.17) is 14.2 Å². The van der Waals surface area contributed by atoms with Crippen LogP contribution < -0.4 is 0 Å². The smallest absolute Gasteiger partial charge is 0.456 e. The minimum Gasteiger partial charge on any atom is -0.456 e. The van der Waals surface area contributed by atoms with Gasteiger partial charge in [-0.2, -0.15) is 0 Å².